The average molecular weight is 313 g/mol. The van der Waals surface area contributed by atoms with Crippen LogP contribution in [0.1, 0.15) is 18.5 Å². The fourth-order valence-corrected chi connectivity index (χ4v) is 2.69. The number of thiazole rings is 1. The predicted octanol–water partition coefficient (Wildman–Crippen LogP) is 4.09. The lowest BCUT2D eigenvalue weighted by Gasteiger charge is -2.14. The van der Waals surface area contributed by atoms with Gasteiger partial charge in [0.15, 0.2) is 5.13 Å². The Balaban J connectivity index is 2.14. The number of halogens is 1. The summed E-state index contributed by atoms with van der Waals surface area (Å²) >= 11 is 5.09. The molecular weight excluding hydrogens is 300 g/mol. The number of nitrogens with zero attached hydrogens (tertiary/aromatic N) is 1. The van der Waals surface area contributed by atoms with Gasteiger partial charge in [-0.1, -0.05) is 6.07 Å². The van der Waals surface area contributed by atoms with Gasteiger partial charge in [-0.2, -0.15) is 0 Å². The smallest absolute Gasteiger partial charge is 0.183 e. The van der Waals surface area contributed by atoms with Gasteiger partial charge < -0.3 is 10.1 Å². The topological polar surface area (TPSA) is 34.1 Å². The van der Waals surface area contributed by atoms with Gasteiger partial charge in [-0.15, -0.1) is 11.3 Å². The molecule has 0 saturated heterocycles. The summed E-state index contributed by atoms with van der Waals surface area (Å²) in [6, 6.07) is 6.28. The van der Waals surface area contributed by atoms with Gasteiger partial charge in [-0.25, -0.2) is 4.98 Å². The lowest BCUT2D eigenvalue weighted by molar-refractivity contribution is 0.412. The first kappa shape index (κ1) is 12.4. The number of anilines is 1. The van der Waals surface area contributed by atoms with Gasteiger partial charge in [-0.3, -0.25) is 0 Å². The van der Waals surface area contributed by atoms with Crippen molar-refractivity contribution in [1.29, 1.82) is 0 Å². The molecule has 17 heavy (non-hydrogen) atoms. The molecule has 2 rings (SSSR count). The Morgan fingerprint density at radius 3 is 2.88 bits per heavy atom. The van der Waals surface area contributed by atoms with E-state index in [1.165, 1.54) is 5.56 Å². The highest BCUT2D eigenvalue weighted by Crippen LogP contribution is 2.29. The maximum Gasteiger partial charge on any atom is 0.183 e. The SMILES string of the molecule is COc1ccc(C(C)Nc2nccs2)cc1Br. The van der Waals surface area contributed by atoms with E-state index in [2.05, 4.69) is 45.3 Å². The minimum Gasteiger partial charge on any atom is -0.496 e. The van der Waals surface area contributed by atoms with Crippen LogP contribution in [0.25, 0.3) is 0 Å². The fraction of sp³-hybridized carbons (Fsp3) is 0.250. The Morgan fingerprint density at radius 2 is 2.29 bits per heavy atom. The van der Waals surface area contributed by atoms with E-state index in [-0.39, 0.29) is 6.04 Å². The number of ether oxygens (including phenoxy) is 1. The number of benzene rings is 1. The second-order valence-electron chi connectivity index (χ2n) is 3.60. The highest BCUT2D eigenvalue weighted by Gasteiger charge is 2.09. The van der Waals surface area contributed by atoms with Crippen molar-refractivity contribution in [2.24, 2.45) is 0 Å². The first-order valence-corrected chi connectivity index (χ1v) is 6.87. The number of rotatable bonds is 4. The van der Waals surface area contributed by atoms with Crippen LogP contribution in [0.15, 0.2) is 34.2 Å². The maximum absolute atomic E-state index is 5.21. The largest absolute Gasteiger partial charge is 0.496 e. The summed E-state index contributed by atoms with van der Waals surface area (Å²) in [4.78, 5) is 4.21. The molecule has 3 nitrogen and oxygen atoms in total. The third-order valence-electron chi connectivity index (χ3n) is 2.45. The van der Waals surface area contributed by atoms with E-state index >= 15 is 0 Å². The molecule has 0 bridgehead atoms. The predicted molar refractivity (Wildman–Crippen MR) is 74.8 cm³/mol. The van der Waals surface area contributed by atoms with E-state index in [1.807, 2.05) is 11.4 Å². The van der Waals surface area contributed by atoms with Crippen molar-refractivity contribution in [3.8, 4) is 5.75 Å². The summed E-state index contributed by atoms with van der Waals surface area (Å²) in [6.07, 6.45) is 1.80. The molecule has 2 aromatic rings. The zero-order chi connectivity index (χ0) is 12.3. The second kappa shape index (κ2) is 5.51. The van der Waals surface area contributed by atoms with Crippen LogP contribution in [-0.4, -0.2) is 12.1 Å². The molecule has 0 radical (unpaired) electrons. The quantitative estimate of drug-likeness (QED) is 0.923. The van der Waals surface area contributed by atoms with Gasteiger partial charge in [-0.05, 0) is 40.5 Å². The molecule has 1 N–H and O–H groups in total. The first-order valence-electron chi connectivity index (χ1n) is 5.20. The lowest BCUT2D eigenvalue weighted by Crippen LogP contribution is -2.06. The van der Waals surface area contributed by atoms with Crippen molar-refractivity contribution >= 4 is 32.4 Å². The molecule has 90 valence electrons. The van der Waals surface area contributed by atoms with Crippen LogP contribution in [0.4, 0.5) is 5.13 Å². The highest BCUT2D eigenvalue weighted by atomic mass is 79.9. The van der Waals surface area contributed by atoms with Crippen molar-refractivity contribution in [3.63, 3.8) is 0 Å². The number of aromatic nitrogens is 1. The van der Waals surface area contributed by atoms with Crippen LogP contribution < -0.4 is 10.1 Å². The molecule has 0 saturated carbocycles. The lowest BCUT2D eigenvalue weighted by atomic mass is 10.1. The summed E-state index contributed by atoms with van der Waals surface area (Å²) in [5.41, 5.74) is 1.19. The number of nitrogens with one attached hydrogen (secondary N) is 1. The molecule has 1 atom stereocenters. The van der Waals surface area contributed by atoms with Gasteiger partial charge in [0.1, 0.15) is 5.75 Å². The molecule has 1 aromatic carbocycles. The van der Waals surface area contributed by atoms with E-state index in [9.17, 15) is 0 Å². The third kappa shape index (κ3) is 2.98. The number of hydrogen-bond donors (Lipinski definition) is 1. The molecule has 0 aliphatic heterocycles. The Hall–Kier alpha value is -1.07. The second-order valence-corrected chi connectivity index (χ2v) is 5.35. The zero-order valence-corrected chi connectivity index (χ0v) is 12.0. The number of methoxy groups -OCH3 is 1. The molecule has 0 aliphatic carbocycles. The molecule has 0 aliphatic rings. The summed E-state index contributed by atoms with van der Waals surface area (Å²) in [6.45, 7) is 2.11. The Kier molecular flexibility index (Phi) is 4.02. The fourth-order valence-electron chi connectivity index (χ4n) is 1.52. The summed E-state index contributed by atoms with van der Waals surface area (Å²) in [5, 5.41) is 6.24. The molecule has 0 amide bonds. The summed E-state index contributed by atoms with van der Waals surface area (Å²) < 4.78 is 6.17. The average Bonchev–Trinajstić information content (AvgIpc) is 2.81. The van der Waals surface area contributed by atoms with Crippen molar-refractivity contribution in [1.82, 2.24) is 4.98 Å². The van der Waals surface area contributed by atoms with E-state index in [4.69, 9.17) is 4.74 Å². The van der Waals surface area contributed by atoms with Crippen molar-refractivity contribution in [3.05, 3.63) is 39.8 Å². The van der Waals surface area contributed by atoms with Gasteiger partial charge in [0.2, 0.25) is 0 Å². The number of hydrogen-bond acceptors (Lipinski definition) is 4. The minimum atomic E-state index is 0.211. The normalized spacial score (nSPS) is 12.2. The van der Waals surface area contributed by atoms with E-state index < -0.39 is 0 Å². The highest BCUT2D eigenvalue weighted by molar-refractivity contribution is 9.10. The zero-order valence-electron chi connectivity index (χ0n) is 9.61. The monoisotopic (exact) mass is 312 g/mol. The van der Waals surface area contributed by atoms with Crippen LogP contribution in [0.3, 0.4) is 0 Å². The van der Waals surface area contributed by atoms with E-state index in [0.717, 1.165) is 15.4 Å². The van der Waals surface area contributed by atoms with Crippen LogP contribution in [0.2, 0.25) is 0 Å². The van der Waals surface area contributed by atoms with E-state index in [0.29, 0.717) is 0 Å². The third-order valence-corrected chi connectivity index (χ3v) is 3.77. The molecule has 5 heteroatoms. The van der Waals surface area contributed by atoms with Gasteiger partial charge >= 0.3 is 0 Å². The molecule has 1 aromatic heterocycles. The Bertz CT molecular complexity index is 487. The van der Waals surface area contributed by atoms with Crippen molar-refractivity contribution in [2.45, 2.75) is 13.0 Å². The van der Waals surface area contributed by atoms with Crippen molar-refractivity contribution < 1.29 is 4.74 Å². The molecule has 0 fully saturated rings. The molecule has 0 spiro atoms. The summed E-state index contributed by atoms with van der Waals surface area (Å²) in [5.74, 6) is 0.843. The van der Waals surface area contributed by atoms with Crippen molar-refractivity contribution in [2.75, 3.05) is 12.4 Å². The van der Waals surface area contributed by atoms with Crippen LogP contribution in [0.5, 0.6) is 5.75 Å². The van der Waals surface area contributed by atoms with Gasteiger partial charge in [0, 0.05) is 11.6 Å². The molecular formula is C12H13BrN2OS. The maximum atomic E-state index is 5.21. The standard InChI is InChI=1S/C12H13BrN2OS/c1-8(15-12-14-5-6-17-12)9-3-4-11(16-2)10(13)7-9/h3-8H,1-2H3,(H,14,15). The Morgan fingerprint density at radius 1 is 1.47 bits per heavy atom. The molecule has 1 unspecified atom stereocenters. The molecule has 1 heterocycles. The van der Waals surface area contributed by atoms with Crippen LogP contribution >= 0.6 is 27.3 Å². The van der Waals surface area contributed by atoms with Crippen LogP contribution in [0, 0.1) is 0 Å². The minimum absolute atomic E-state index is 0.211. The van der Waals surface area contributed by atoms with Gasteiger partial charge in [0.25, 0.3) is 0 Å². The van der Waals surface area contributed by atoms with Gasteiger partial charge in [0.05, 0.1) is 17.6 Å². The first-order chi connectivity index (χ1) is 8.20. The summed E-state index contributed by atoms with van der Waals surface area (Å²) in [7, 11) is 1.66. The van der Waals surface area contributed by atoms with Crippen LogP contribution in [-0.2, 0) is 0 Å². The van der Waals surface area contributed by atoms with E-state index in [1.54, 1.807) is 24.6 Å². The Labute approximate surface area is 113 Å².